The Balaban J connectivity index is 0.860. The van der Waals surface area contributed by atoms with Crippen LogP contribution in [0.25, 0.3) is 22.3 Å². The second-order valence-electron chi connectivity index (χ2n) is 16.0. The predicted molar refractivity (Wildman–Crippen MR) is 195 cm³/mol. The molecular formula is C40H45F2N7O4. The van der Waals surface area contributed by atoms with Gasteiger partial charge >= 0.3 is 0 Å². The number of nitrogens with one attached hydrogen (secondary N) is 2. The maximum absolute atomic E-state index is 15.0. The van der Waals surface area contributed by atoms with E-state index in [1.807, 2.05) is 48.1 Å². The number of piperidine rings is 2. The minimum atomic E-state index is -2.69. The van der Waals surface area contributed by atoms with Crippen LogP contribution in [0.3, 0.4) is 0 Å². The number of pyridine rings is 1. The zero-order valence-corrected chi connectivity index (χ0v) is 30.2. The average molecular weight is 726 g/mol. The molecule has 2 aliphatic carbocycles. The number of rotatable bonds is 7. The number of H-pyrrole nitrogens is 1. The maximum atomic E-state index is 15.0. The fourth-order valence-corrected chi connectivity index (χ4v) is 9.25. The molecule has 13 heteroatoms. The first-order valence-corrected chi connectivity index (χ1v) is 19.0. The van der Waals surface area contributed by atoms with Gasteiger partial charge in [0.2, 0.25) is 17.7 Å². The second-order valence-corrected chi connectivity index (χ2v) is 16.0. The summed E-state index contributed by atoms with van der Waals surface area (Å²) >= 11 is 0. The molecule has 278 valence electrons. The summed E-state index contributed by atoms with van der Waals surface area (Å²) in [6.07, 6.45) is 7.92. The van der Waals surface area contributed by atoms with Gasteiger partial charge < -0.3 is 19.5 Å². The van der Waals surface area contributed by atoms with Crippen molar-refractivity contribution in [1.82, 2.24) is 25.1 Å². The summed E-state index contributed by atoms with van der Waals surface area (Å²) in [5.74, 6) is -3.06. The lowest BCUT2D eigenvalue weighted by atomic mass is 9.87. The Labute approximate surface area is 306 Å². The molecule has 4 aromatic rings. The van der Waals surface area contributed by atoms with Gasteiger partial charge in [0.25, 0.3) is 5.92 Å². The average Bonchev–Trinajstić information content (AvgIpc) is 3.51. The first-order chi connectivity index (χ1) is 25.5. The molecule has 0 spiro atoms. The van der Waals surface area contributed by atoms with E-state index in [0.29, 0.717) is 44.4 Å². The lowest BCUT2D eigenvalue weighted by Crippen LogP contribution is -2.39. The van der Waals surface area contributed by atoms with Crippen LogP contribution in [0.2, 0.25) is 0 Å². The number of nitrogens with zero attached hydrogens (tertiary/aromatic N) is 5. The first kappa shape index (κ1) is 34.1. The Bertz CT molecular complexity index is 2100. The van der Waals surface area contributed by atoms with Crippen LogP contribution in [0.4, 0.5) is 20.3 Å². The fraction of sp³-hybridized carbons (Fsp3) is 0.525. The number of hydrogen-bond donors (Lipinski definition) is 2. The number of imide groups is 1. The van der Waals surface area contributed by atoms with Crippen molar-refractivity contribution in [2.24, 2.45) is 17.3 Å². The molecule has 53 heavy (non-hydrogen) atoms. The Morgan fingerprint density at radius 1 is 1.08 bits per heavy atom. The van der Waals surface area contributed by atoms with E-state index in [2.05, 4.69) is 20.2 Å². The largest absolute Gasteiger partial charge is 0.357 e. The van der Waals surface area contributed by atoms with E-state index in [1.54, 1.807) is 18.0 Å². The first-order valence-electron chi connectivity index (χ1n) is 19.0. The Kier molecular flexibility index (Phi) is 8.21. The fourth-order valence-electron chi connectivity index (χ4n) is 9.25. The van der Waals surface area contributed by atoms with Crippen LogP contribution in [0.1, 0.15) is 87.3 Å². The minimum absolute atomic E-state index is 0.0509. The molecule has 0 bridgehead atoms. The molecular weight excluding hydrogens is 680 g/mol. The third-order valence-electron chi connectivity index (χ3n) is 12.8. The van der Waals surface area contributed by atoms with Gasteiger partial charge in [-0.25, -0.2) is 18.4 Å². The van der Waals surface area contributed by atoms with Gasteiger partial charge in [0.05, 0.1) is 11.6 Å². The quantitative estimate of drug-likeness (QED) is 0.215. The molecule has 1 saturated carbocycles. The van der Waals surface area contributed by atoms with Crippen LogP contribution >= 0.6 is 0 Å². The van der Waals surface area contributed by atoms with Crippen molar-refractivity contribution < 1.29 is 27.9 Å². The van der Waals surface area contributed by atoms with Gasteiger partial charge in [0.1, 0.15) is 17.7 Å². The van der Waals surface area contributed by atoms with E-state index in [4.69, 9.17) is 9.84 Å². The summed E-state index contributed by atoms with van der Waals surface area (Å²) in [5.41, 5.74) is 4.69. The number of hydrogen-bond acceptors (Lipinski definition) is 7. The minimum Gasteiger partial charge on any atom is -0.357 e. The van der Waals surface area contributed by atoms with E-state index in [-0.39, 0.29) is 35.8 Å². The van der Waals surface area contributed by atoms with Gasteiger partial charge in [-0.15, -0.1) is 0 Å². The number of aromatic amines is 1. The topological polar surface area (TPSA) is 125 Å². The van der Waals surface area contributed by atoms with Gasteiger partial charge in [-0.2, -0.15) is 5.10 Å². The number of halogens is 2. The van der Waals surface area contributed by atoms with Gasteiger partial charge in [-0.3, -0.25) is 19.7 Å². The number of benzene rings is 1. The molecule has 0 radical (unpaired) electrons. The second kappa shape index (κ2) is 12.7. The highest BCUT2D eigenvalue weighted by Crippen LogP contribution is 2.70. The van der Waals surface area contributed by atoms with Crippen LogP contribution in [0.15, 0.2) is 42.6 Å². The van der Waals surface area contributed by atoms with Crippen LogP contribution in [-0.4, -0.2) is 70.1 Å². The van der Waals surface area contributed by atoms with E-state index in [0.717, 1.165) is 90.1 Å². The smallest absolute Gasteiger partial charge is 0.258 e. The SMILES string of the molecule is CN(C(=O)CC1CCN(c2ccc(C3CCC(=O)NC3=O)cn2)CC1)c1ccc2cc(-c3nn(C4CCCCO4)c4c3C[C@@H]3C(F)(F)[C@]3(C)C4)[nH]c2c1. The highest BCUT2D eigenvalue weighted by Gasteiger charge is 2.78. The molecule has 2 N–H and O–H groups in total. The summed E-state index contributed by atoms with van der Waals surface area (Å²) in [5, 5.41) is 8.41. The van der Waals surface area contributed by atoms with Crippen molar-refractivity contribution in [2.75, 3.05) is 36.5 Å². The number of anilines is 2. The monoisotopic (exact) mass is 725 g/mol. The molecule has 4 fully saturated rings. The van der Waals surface area contributed by atoms with Crippen LogP contribution in [-0.2, 0) is 32.0 Å². The number of amides is 3. The molecule has 6 heterocycles. The van der Waals surface area contributed by atoms with Gasteiger partial charge in [-0.1, -0.05) is 19.1 Å². The molecule has 1 aromatic carbocycles. The third-order valence-corrected chi connectivity index (χ3v) is 12.8. The van der Waals surface area contributed by atoms with Gasteiger partial charge in [0, 0.05) is 91.4 Å². The molecule has 3 aromatic heterocycles. The van der Waals surface area contributed by atoms with Crippen molar-refractivity contribution in [2.45, 2.75) is 89.2 Å². The molecule has 2 unspecified atom stereocenters. The molecule has 3 aliphatic heterocycles. The van der Waals surface area contributed by atoms with Crippen molar-refractivity contribution >= 4 is 40.1 Å². The standard InChI is InChI=1S/C40H45F2N7O4/c1-39-21-31-28(20-32(39)40(39,41)42)37(46-49(31)36-5-3-4-16-53-36)30-18-24-6-8-26(19-29(24)44-30)47(2)35(51)17-23-12-14-48(15-13-23)33-10-7-25(22-43-33)27-9-11-34(50)45-38(27)52/h6-8,10,18-19,22-23,27,32,36,44H,3-5,9,11-17,20-21H2,1-2H3,(H,45,50,52)/t27?,32-,36?,39+/m0/s1. The number of carbonyl (C=O) groups excluding carboxylic acids is 3. The van der Waals surface area contributed by atoms with E-state index in [9.17, 15) is 23.2 Å². The van der Waals surface area contributed by atoms with Crippen molar-refractivity contribution in [3.63, 3.8) is 0 Å². The Morgan fingerprint density at radius 3 is 2.64 bits per heavy atom. The molecule has 4 atom stereocenters. The lowest BCUT2D eigenvalue weighted by Gasteiger charge is -2.33. The zero-order valence-electron chi connectivity index (χ0n) is 30.2. The van der Waals surface area contributed by atoms with E-state index >= 15 is 0 Å². The number of ether oxygens (including phenoxy) is 1. The van der Waals surface area contributed by atoms with Crippen molar-refractivity contribution in [3.05, 3.63) is 59.4 Å². The summed E-state index contributed by atoms with van der Waals surface area (Å²) in [6.45, 7) is 3.92. The maximum Gasteiger partial charge on any atom is 0.258 e. The van der Waals surface area contributed by atoms with Crippen LogP contribution in [0, 0.1) is 17.3 Å². The Hall–Kier alpha value is -4.65. The summed E-state index contributed by atoms with van der Waals surface area (Å²) in [7, 11) is 1.81. The zero-order chi connectivity index (χ0) is 36.6. The number of aromatic nitrogens is 4. The molecule has 3 amide bonds. The normalized spacial score (nSPS) is 26.9. The Morgan fingerprint density at radius 2 is 1.91 bits per heavy atom. The van der Waals surface area contributed by atoms with Crippen molar-refractivity contribution in [3.8, 4) is 11.4 Å². The summed E-state index contributed by atoms with van der Waals surface area (Å²) in [4.78, 5) is 49.4. The van der Waals surface area contributed by atoms with Crippen LogP contribution in [0.5, 0.6) is 0 Å². The number of carbonyl (C=O) groups is 3. The lowest BCUT2D eigenvalue weighted by molar-refractivity contribution is -0.134. The summed E-state index contributed by atoms with van der Waals surface area (Å²) < 4.78 is 38.0. The number of fused-ring (bicyclic) bond motifs is 3. The highest BCUT2D eigenvalue weighted by atomic mass is 19.3. The van der Waals surface area contributed by atoms with Crippen LogP contribution < -0.4 is 15.1 Å². The van der Waals surface area contributed by atoms with E-state index < -0.39 is 17.3 Å². The molecule has 9 rings (SSSR count). The van der Waals surface area contributed by atoms with E-state index in [1.165, 1.54) is 0 Å². The molecule has 11 nitrogen and oxygen atoms in total. The van der Waals surface area contributed by atoms with Gasteiger partial charge in [-0.05, 0) is 80.7 Å². The summed E-state index contributed by atoms with van der Waals surface area (Å²) in [6, 6.07) is 11.8. The third kappa shape index (κ3) is 5.82. The molecule has 3 saturated heterocycles. The highest BCUT2D eigenvalue weighted by molar-refractivity contribution is 6.01. The number of alkyl halides is 2. The predicted octanol–water partition coefficient (Wildman–Crippen LogP) is 6.29. The van der Waals surface area contributed by atoms with Gasteiger partial charge in [0.15, 0.2) is 0 Å². The van der Waals surface area contributed by atoms with Crippen molar-refractivity contribution in [1.29, 1.82) is 0 Å². The molecule has 5 aliphatic rings.